The lowest BCUT2D eigenvalue weighted by atomic mass is 10.0. The molecule has 212 valence electrons. The molecule has 0 fully saturated rings. The molecule has 0 spiro atoms. The van der Waals surface area contributed by atoms with Crippen LogP contribution in [-0.2, 0) is 27.6 Å². The van der Waals surface area contributed by atoms with Crippen molar-refractivity contribution in [1.82, 2.24) is 20.5 Å². The Morgan fingerprint density at radius 2 is 1.90 bits per heavy atom. The van der Waals surface area contributed by atoms with Crippen LogP contribution in [0.4, 0.5) is 15.9 Å². The van der Waals surface area contributed by atoms with Crippen molar-refractivity contribution in [2.75, 3.05) is 23.9 Å². The third-order valence-electron chi connectivity index (χ3n) is 6.54. The smallest absolute Gasteiger partial charge is 0.212 e. The molecule has 8 nitrogen and oxygen atoms in total. The van der Waals surface area contributed by atoms with Crippen LogP contribution in [0.25, 0.3) is 22.2 Å². The van der Waals surface area contributed by atoms with Gasteiger partial charge in [-0.3, -0.25) is 0 Å². The number of fused-ring (bicyclic) bond motifs is 1. The average Bonchev–Trinajstić information content (AvgIpc) is 3.28. The van der Waals surface area contributed by atoms with Crippen LogP contribution in [0.2, 0.25) is 5.02 Å². The van der Waals surface area contributed by atoms with E-state index in [2.05, 4.69) is 31.9 Å². The molecule has 0 amide bonds. The summed E-state index contributed by atoms with van der Waals surface area (Å²) in [5.41, 5.74) is 6.28. The zero-order valence-electron chi connectivity index (χ0n) is 22.6. The third-order valence-corrected chi connectivity index (χ3v) is 7.80. The van der Waals surface area contributed by atoms with E-state index < -0.39 is 10.2 Å². The Labute approximate surface area is 243 Å². The van der Waals surface area contributed by atoms with Gasteiger partial charge in [-0.15, -0.1) is 5.10 Å². The molecule has 0 aliphatic rings. The lowest BCUT2D eigenvalue weighted by molar-refractivity contribution is 0.306. The van der Waals surface area contributed by atoms with E-state index in [1.807, 2.05) is 31.2 Å². The molecule has 4 N–H and O–H groups in total. The lowest BCUT2D eigenvalue weighted by Crippen LogP contribution is -2.25. The summed E-state index contributed by atoms with van der Waals surface area (Å²) in [6.45, 7) is 3.27. The van der Waals surface area contributed by atoms with Gasteiger partial charge in [0, 0.05) is 29.9 Å². The van der Waals surface area contributed by atoms with Gasteiger partial charge in [-0.05, 0) is 65.6 Å². The number of anilines is 2. The van der Waals surface area contributed by atoms with Crippen molar-refractivity contribution >= 4 is 44.2 Å². The van der Waals surface area contributed by atoms with Crippen LogP contribution >= 0.6 is 11.6 Å². The van der Waals surface area contributed by atoms with Crippen LogP contribution in [0.15, 0.2) is 72.9 Å². The van der Waals surface area contributed by atoms with Crippen LogP contribution in [0.1, 0.15) is 16.7 Å². The Morgan fingerprint density at radius 1 is 1.10 bits per heavy atom. The van der Waals surface area contributed by atoms with Crippen molar-refractivity contribution in [2.24, 2.45) is 0 Å². The number of aromatic nitrogens is 3. The zero-order chi connectivity index (χ0) is 29.0. The molecule has 1 atom stereocenters. The predicted molar refractivity (Wildman–Crippen MR) is 163 cm³/mol. The van der Waals surface area contributed by atoms with Crippen molar-refractivity contribution < 1.29 is 17.9 Å². The minimum Gasteiger partial charge on any atom is -0.487 e. The number of nitrogens with one attached hydrogen (secondary N) is 3. The standard InChI is InChI=1S/C30H29ClFN5O3S/c1-19-28-26(36-29(19)22-7-3-5-20(13-22)16-33-11-12-41(2,38)39)17-34-37-30(28)35-24-9-10-27(25(31)15-24)40-18-21-6-4-8-23(32)14-21/h3-10,13-15,17,33,36H,11-12,16,18H2,1-2H3,(H-,35,37,38,39)/p+1. The molecule has 0 bridgehead atoms. The number of aromatic amines is 1. The van der Waals surface area contributed by atoms with E-state index >= 15 is 0 Å². The quantitative estimate of drug-likeness (QED) is 0.0989. The first-order valence-corrected chi connectivity index (χ1v) is 15.4. The molecule has 0 radical (unpaired) electrons. The van der Waals surface area contributed by atoms with Gasteiger partial charge in [-0.25, -0.2) is 4.39 Å². The molecule has 11 heteroatoms. The highest BCUT2D eigenvalue weighted by atomic mass is 35.5. The SMILES string of the molecule is Cc1c(-c2cccc(CNCC[S+](C)(=O)O)c2)[nH]c2cnnc(Nc3ccc(OCc4cccc(F)c4)c(Cl)c3)c12. The number of rotatable bonds is 11. The fourth-order valence-electron chi connectivity index (χ4n) is 4.54. The maximum absolute atomic E-state index is 13.5. The molecule has 3 aromatic carbocycles. The van der Waals surface area contributed by atoms with Gasteiger partial charge in [-0.2, -0.15) is 9.65 Å². The number of benzene rings is 3. The summed E-state index contributed by atoms with van der Waals surface area (Å²) >= 11 is 6.50. The van der Waals surface area contributed by atoms with E-state index in [9.17, 15) is 13.2 Å². The lowest BCUT2D eigenvalue weighted by Gasteiger charge is -2.11. The van der Waals surface area contributed by atoms with Crippen molar-refractivity contribution in [3.63, 3.8) is 0 Å². The van der Waals surface area contributed by atoms with Crippen molar-refractivity contribution in [3.8, 4) is 17.0 Å². The summed E-state index contributed by atoms with van der Waals surface area (Å²) < 4.78 is 40.2. The molecule has 5 rings (SSSR count). The summed E-state index contributed by atoms with van der Waals surface area (Å²) in [5, 5.41) is 16.4. The van der Waals surface area contributed by atoms with Gasteiger partial charge in [0.1, 0.15) is 24.4 Å². The second-order valence-corrected chi connectivity index (χ2v) is 12.6. The summed E-state index contributed by atoms with van der Waals surface area (Å²) in [6.07, 6.45) is 3.03. The number of hydrogen-bond acceptors (Lipinski definition) is 6. The second-order valence-electron chi connectivity index (χ2n) is 9.84. The normalized spacial score (nSPS) is 12.8. The molecule has 0 aliphatic carbocycles. The predicted octanol–water partition coefficient (Wildman–Crippen LogP) is 6.74. The Morgan fingerprint density at radius 3 is 2.68 bits per heavy atom. The van der Waals surface area contributed by atoms with Gasteiger partial charge < -0.3 is 20.4 Å². The summed E-state index contributed by atoms with van der Waals surface area (Å²) in [7, 11) is -2.76. The largest absolute Gasteiger partial charge is 0.487 e. The minimum absolute atomic E-state index is 0.195. The number of H-pyrrole nitrogens is 1. The maximum Gasteiger partial charge on any atom is 0.212 e. The van der Waals surface area contributed by atoms with Gasteiger partial charge >= 0.3 is 0 Å². The highest BCUT2D eigenvalue weighted by Gasteiger charge is 2.17. The zero-order valence-corrected chi connectivity index (χ0v) is 24.2. The molecule has 5 aromatic rings. The first kappa shape index (κ1) is 28.7. The van der Waals surface area contributed by atoms with Crippen molar-refractivity contribution in [2.45, 2.75) is 20.1 Å². The first-order chi connectivity index (χ1) is 19.7. The van der Waals surface area contributed by atoms with Crippen LogP contribution in [0, 0.1) is 12.7 Å². The van der Waals surface area contributed by atoms with Gasteiger partial charge in [0.15, 0.2) is 11.6 Å². The molecule has 0 aliphatic heterocycles. The fourth-order valence-corrected chi connectivity index (χ4v) is 5.30. The fraction of sp³-hybridized carbons (Fsp3) is 0.200. The first-order valence-electron chi connectivity index (χ1n) is 12.9. The number of ether oxygens (including phenoxy) is 1. The van der Waals surface area contributed by atoms with Gasteiger partial charge in [-0.1, -0.05) is 46.1 Å². The summed E-state index contributed by atoms with van der Waals surface area (Å²) in [6, 6.07) is 19.7. The highest BCUT2D eigenvalue weighted by molar-refractivity contribution is 7.97. The summed E-state index contributed by atoms with van der Waals surface area (Å²) in [5.74, 6) is 0.959. The minimum atomic E-state index is -2.76. The van der Waals surface area contributed by atoms with Crippen LogP contribution in [-0.4, -0.2) is 38.3 Å². The Balaban J connectivity index is 1.32. The van der Waals surface area contributed by atoms with E-state index in [1.54, 1.807) is 30.5 Å². The Kier molecular flexibility index (Phi) is 8.65. The Bertz CT molecular complexity index is 1740. The van der Waals surface area contributed by atoms with Crippen LogP contribution in [0.3, 0.4) is 0 Å². The molecular formula is C30H30ClFN5O3S+. The number of halogens is 2. The van der Waals surface area contributed by atoms with E-state index in [0.29, 0.717) is 40.9 Å². The number of hydrogen-bond donors (Lipinski definition) is 4. The Hall–Kier alpha value is -3.83. The maximum atomic E-state index is 13.5. The average molecular weight is 595 g/mol. The molecule has 0 saturated heterocycles. The van der Waals surface area contributed by atoms with E-state index in [0.717, 1.165) is 33.3 Å². The molecule has 0 saturated carbocycles. The third kappa shape index (κ3) is 7.28. The topological polar surface area (TPSA) is 112 Å². The van der Waals surface area contributed by atoms with E-state index in [4.69, 9.17) is 16.3 Å². The van der Waals surface area contributed by atoms with E-state index in [1.165, 1.54) is 18.4 Å². The highest BCUT2D eigenvalue weighted by Crippen LogP contribution is 2.35. The summed E-state index contributed by atoms with van der Waals surface area (Å²) in [4.78, 5) is 3.47. The van der Waals surface area contributed by atoms with Gasteiger partial charge in [0.05, 0.1) is 16.7 Å². The van der Waals surface area contributed by atoms with Gasteiger partial charge in [0.2, 0.25) is 10.2 Å². The monoisotopic (exact) mass is 594 g/mol. The molecule has 2 heterocycles. The number of aryl methyl sites for hydroxylation is 1. The second kappa shape index (κ2) is 12.4. The van der Waals surface area contributed by atoms with Crippen molar-refractivity contribution in [3.05, 3.63) is 100 Å². The van der Waals surface area contributed by atoms with E-state index in [-0.39, 0.29) is 18.2 Å². The molecule has 41 heavy (non-hydrogen) atoms. The van der Waals surface area contributed by atoms with Crippen LogP contribution < -0.4 is 15.4 Å². The van der Waals surface area contributed by atoms with Gasteiger partial charge in [0.25, 0.3) is 0 Å². The molecule has 1 unspecified atom stereocenters. The van der Waals surface area contributed by atoms with Crippen molar-refractivity contribution in [1.29, 1.82) is 0 Å². The number of nitrogens with zero attached hydrogens (tertiary/aromatic N) is 2. The van der Waals surface area contributed by atoms with Crippen LogP contribution in [0.5, 0.6) is 5.75 Å². The molecular weight excluding hydrogens is 565 g/mol. The molecule has 2 aromatic heterocycles.